The standard InChI is InChI=1S/C11H11ClN2O2/c12-7-2-3-8-9(6-7)14(5-1-4-13)11(16)10(8)15/h2-3,6H,1,4-5,13H2. The number of carbonyl (C=O) groups is 2. The van der Waals surface area contributed by atoms with Gasteiger partial charge >= 0.3 is 0 Å². The van der Waals surface area contributed by atoms with E-state index in [9.17, 15) is 9.59 Å². The van der Waals surface area contributed by atoms with Gasteiger partial charge < -0.3 is 10.6 Å². The number of anilines is 1. The molecule has 0 aliphatic carbocycles. The van der Waals surface area contributed by atoms with Crippen LogP contribution in [0.3, 0.4) is 0 Å². The van der Waals surface area contributed by atoms with Gasteiger partial charge in [-0.25, -0.2) is 0 Å². The quantitative estimate of drug-likeness (QED) is 0.806. The molecule has 16 heavy (non-hydrogen) atoms. The van der Waals surface area contributed by atoms with E-state index < -0.39 is 11.7 Å². The first-order valence-electron chi connectivity index (χ1n) is 5.01. The number of nitrogens with zero attached hydrogens (tertiary/aromatic N) is 1. The average Bonchev–Trinajstić information content (AvgIpc) is 2.50. The van der Waals surface area contributed by atoms with E-state index in [4.69, 9.17) is 17.3 Å². The molecule has 0 atom stereocenters. The molecule has 0 aromatic heterocycles. The van der Waals surface area contributed by atoms with Crippen molar-refractivity contribution in [2.45, 2.75) is 6.42 Å². The number of fused-ring (bicyclic) bond motifs is 1. The zero-order chi connectivity index (χ0) is 11.7. The fourth-order valence-electron chi connectivity index (χ4n) is 1.74. The van der Waals surface area contributed by atoms with E-state index in [1.54, 1.807) is 18.2 Å². The van der Waals surface area contributed by atoms with Gasteiger partial charge in [-0.1, -0.05) is 11.6 Å². The number of nitrogens with two attached hydrogens (primary N) is 1. The van der Waals surface area contributed by atoms with Gasteiger partial charge in [-0.3, -0.25) is 9.59 Å². The van der Waals surface area contributed by atoms with Crippen molar-refractivity contribution in [2.75, 3.05) is 18.0 Å². The lowest BCUT2D eigenvalue weighted by molar-refractivity contribution is -0.114. The van der Waals surface area contributed by atoms with E-state index in [-0.39, 0.29) is 0 Å². The summed E-state index contributed by atoms with van der Waals surface area (Å²) < 4.78 is 0. The van der Waals surface area contributed by atoms with Gasteiger partial charge in [0.2, 0.25) is 0 Å². The van der Waals surface area contributed by atoms with Crippen LogP contribution in [0.25, 0.3) is 0 Å². The lowest BCUT2D eigenvalue weighted by atomic mass is 10.1. The summed E-state index contributed by atoms with van der Waals surface area (Å²) >= 11 is 5.84. The highest BCUT2D eigenvalue weighted by atomic mass is 35.5. The van der Waals surface area contributed by atoms with Gasteiger partial charge in [0.15, 0.2) is 0 Å². The molecule has 1 aromatic carbocycles. The number of amides is 1. The fraction of sp³-hybridized carbons (Fsp3) is 0.273. The largest absolute Gasteiger partial charge is 0.330 e. The summed E-state index contributed by atoms with van der Waals surface area (Å²) in [6.45, 7) is 0.933. The molecule has 2 N–H and O–H groups in total. The Hall–Kier alpha value is -1.39. The van der Waals surface area contributed by atoms with Gasteiger partial charge in [-0.2, -0.15) is 0 Å². The van der Waals surface area contributed by atoms with E-state index in [1.807, 2.05) is 0 Å². The van der Waals surface area contributed by atoms with Crippen LogP contribution in [0.2, 0.25) is 5.02 Å². The van der Waals surface area contributed by atoms with Gasteiger partial charge in [0, 0.05) is 11.6 Å². The minimum atomic E-state index is -0.495. The number of halogens is 1. The van der Waals surface area contributed by atoms with E-state index in [2.05, 4.69) is 0 Å². The molecular formula is C11H11ClN2O2. The van der Waals surface area contributed by atoms with Crippen molar-refractivity contribution in [3.05, 3.63) is 28.8 Å². The Morgan fingerprint density at radius 3 is 2.75 bits per heavy atom. The smallest absolute Gasteiger partial charge is 0.299 e. The molecule has 0 bridgehead atoms. The number of hydrogen-bond donors (Lipinski definition) is 1. The number of carbonyl (C=O) groups excluding carboxylic acids is 2. The Labute approximate surface area is 98.0 Å². The second-order valence-electron chi connectivity index (χ2n) is 3.59. The van der Waals surface area contributed by atoms with Crippen LogP contribution in [0.4, 0.5) is 5.69 Å². The van der Waals surface area contributed by atoms with Gasteiger partial charge in [-0.15, -0.1) is 0 Å². The highest BCUT2D eigenvalue weighted by Gasteiger charge is 2.35. The van der Waals surface area contributed by atoms with Crippen LogP contribution in [-0.4, -0.2) is 24.8 Å². The molecule has 1 aliphatic heterocycles. The Bertz CT molecular complexity index is 459. The van der Waals surface area contributed by atoms with Gasteiger partial charge in [-0.05, 0) is 31.2 Å². The number of Topliss-reactive ketones (excluding diaryl/α,β-unsaturated/α-hetero) is 1. The summed E-state index contributed by atoms with van der Waals surface area (Å²) in [6.07, 6.45) is 0.658. The third-order valence-electron chi connectivity index (χ3n) is 2.52. The van der Waals surface area contributed by atoms with E-state index >= 15 is 0 Å². The van der Waals surface area contributed by atoms with Crippen LogP contribution < -0.4 is 10.6 Å². The van der Waals surface area contributed by atoms with Gasteiger partial charge in [0.05, 0.1) is 11.3 Å². The van der Waals surface area contributed by atoms with Crippen LogP contribution in [0.1, 0.15) is 16.8 Å². The van der Waals surface area contributed by atoms with Gasteiger partial charge in [0.1, 0.15) is 0 Å². The van der Waals surface area contributed by atoms with Crippen molar-refractivity contribution in [2.24, 2.45) is 5.73 Å². The summed E-state index contributed by atoms with van der Waals surface area (Å²) in [5.74, 6) is -0.964. The van der Waals surface area contributed by atoms with Crippen LogP contribution >= 0.6 is 11.6 Å². The monoisotopic (exact) mass is 238 g/mol. The molecule has 84 valence electrons. The number of rotatable bonds is 3. The Morgan fingerprint density at radius 2 is 2.06 bits per heavy atom. The fourth-order valence-corrected chi connectivity index (χ4v) is 1.91. The maximum absolute atomic E-state index is 11.7. The Kier molecular flexibility index (Phi) is 2.94. The normalized spacial score (nSPS) is 14.5. The Balaban J connectivity index is 2.39. The van der Waals surface area contributed by atoms with Crippen molar-refractivity contribution >= 4 is 29.0 Å². The highest BCUT2D eigenvalue weighted by molar-refractivity contribution is 6.52. The molecule has 5 heteroatoms. The molecule has 0 spiro atoms. The topological polar surface area (TPSA) is 63.4 Å². The molecule has 1 heterocycles. The number of hydrogen-bond acceptors (Lipinski definition) is 3. The molecule has 2 rings (SSSR count). The number of benzene rings is 1. The SMILES string of the molecule is NCCCN1C(=O)C(=O)c2ccc(Cl)cc21. The lowest BCUT2D eigenvalue weighted by Gasteiger charge is -2.15. The van der Waals surface area contributed by atoms with Crippen LogP contribution in [0, 0.1) is 0 Å². The molecule has 0 unspecified atom stereocenters. The predicted octanol–water partition coefficient (Wildman–Crippen LogP) is 1.22. The average molecular weight is 239 g/mol. The maximum atomic E-state index is 11.7. The Morgan fingerprint density at radius 1 is 1.31 bits per heavy atom. The third kappa shape index (κ3) is 1.70. The number of ketones is 1. The van der Waals surface area contributed by atoms with Crippen molar-refractivity contribution in [1.82, 2.24) is 0 Å². The summed E-state index contributed by atoms with van der Waals surface area (Å²) in [7, 11) is 0. The zero-order valence-corrected chi connectivity index (χ0v) is 9.33. The summed E-state index contributed by atoms with van der Waals surface area (Å²) in [5, 5.41) is 0.513. The van der Waals surface area contributed by atoms with E-state index in [1.165, 1.54) is 4.90 Å². The predicted molar refractivity (Wildman–Crippen MR) is 61.8 cm³/mol. The van der Waals surface area contributed by atoms with Crippen LogP contribution in [0.5, 0.6) is 0 Å². The first-order chi connectivity index (χ1) is 7.65. The minimum Gasteiger partial charge on any atom is -0.330 e. The molecule has 0 radical (unpaired) electrons. The minimum absolute atomic E-state index is 0.423. The first kappa shape index (κ1) is 11.1. The summed E-state index contributed by atoms with van der Waals surface area (Å²) in [5.41, 5.74) is 6.40. The highest BCUT2D eigenvalue weighted by Crippen LogP contribution is 2.31. The lowest BCUT2D eigenvalue weighted by Crippen LogP contribution is -2.31. The third-order valence-corrected chi connectivity index (χ3v) is 2.76. The zero-order valence-electron chi connectivity index (χ0n) is 8.57. The molecule has 1 aliphatic rings. The maximum Gasteiger partial charge on any atom is 0.299 e. The second kappa shape index (κ2) is 4.23. The molecule has 4 nitrogen and oxygen atoms in total. The molecule has 0 saturated carbocycles. The molecular weight excluding hydrogens is 228 g/mol. The van der Waals surface area contributed by atoms with Crippen molar-refractivity contribution in [3.63, 3.8) is 0 Å². The summed E-state index contributed by atoms with van der Waals surface area (Å²) in [4.78, 5) is 24.7. The van der Waals surface area contributed by atoms with Crippen LogP contribution in [-0.2, 0) is 4.79 Å². The van der Waals surface area contributed by atoms with Crippen molar-refractivity contribution in [1.29, 1.82) is 0 Å². The summed E-state index contributed by atoms with van der Waals surface area (Å²) in [6, 6.07) is 4.83. The van der Waals surface area contributed by atoms with Crippen LogP contribution in [0.15, 0.2) is 18.2 Å². The second-order valence-corrected chi connectivity index (χ2v) is 4.03. The van der Waals surface area contributed by atoms with Gasteiger partial charge in [0.25, 0.3) is 11.7 Å². The molecule has 0 saturated heterocycles. The molecule has 1 aromatic rings. The molecule has 1 amide bonds. The van der Waals surface area contributed by atoms with E-state index in [0.29, 0.717) is 35.8 Å². The molecule has 0 fully saturated rings. The first-order valence-corrected chi connectivity index (χ1v) is 5.38. The van der Waals surface area contributed by atoms with Crippen molar-refractivity contribution in [3.8, 4) is 0 Å². The van der Waals surface area contributed by atoms with Crippen molar-refractivity contribution < 1.29 is 9.59 Å². The van der Waals surface area contributed by atoms with E-state index in [0.717, 1.165) is 0 Å².